The van der Waals surface area contributed by atoms with Gasteiger partial charge in [0.15, 0.2) is 0 Å². The van der Waals surface area contributed by atoms with Gasteiger partial charge in [-0.25, -0.2) is 4.98 Å². The van der Waals surface area contributed by atoms with E-state index in [9.17, 15) is 4.79 Å². The molecule has 0 aromatic carbocycles. The lowest BCUT2D eigenvalue weighted by atomic mass is 10.4. The number of nitrogens with zero attached hydrogens (tertiary/aromatic N) is 2. The van der Waals surface area contributed by atoms with Crippen molar-refractivity contribution in [2.24, 2.45) is 0 Å². The average Bonchev–Trinajstić information content (AvgIpc) is 2.97. The Hall–Kier alpha value is -1.34. The van der Waals surface area contributed by atoms with Crippen LogP contribution in [-0.2, 0) is 11.3 Å². The normalized spacial score (nSPS) is 12.3. The third-order valence-electron chi connectivity index (χ3n) is 2.25. The molecule has 18 heavy (non-hydrogen) atoms. The maximum atomic E-state index is 11.9. The van der Waals surface area contributed by atoms with Crippen molar-refractivity contribution in [2.45, 2.75) is 30.8 Å². The Morgan fingerprint density at radius 2 is 2.50 bits per heavy atom. The number of thioether (sulfide) groups is 1. The van der Waals surface area contributed by atoms with Crippen LogP contribution in [-0.4, -0.2) is 26.3 Å². The monoisotopic (exact) mass is 282 g/mol. The number of aromatic amines is 1. The van der Waals surface area contributed by atoms with Crippen molar-refractivity contribution in [3.05, 3.63) is 28.2 Å². The summed E-state index contributed by atoms with van der Waals surface area (Å²) in [6, 6.07) is 3.97. The third-order valence-corrected chi connectivity index (χ3v) is 4.08. The molecule has 0 aliphatic rings. The fourth-order valence-corrected chi connectivity index (χ4v) is 2.76. The largest absolute Gasteiger partial charge is 0.350 e. The van der Waals surface area contributed by atoms with Gasteiger partial charge in [-0.05, 0) is 25.3 Å². The van der Waals surface area contributed by atoms with Crippen molar-refractivity contribution in [2.75, 3.05) is 0 Å². The molecule has 2 rings (SSSR count). The number of thiophene rings is 1. The minimum absolute atomic E-state index is 0.00384. The Morgan fingerprint density at radius 3 is 3.11 bits per heavy atom. The van der Waals surface area contributed by atoms with Crippen LogP contribution in [0.25, 0.3) is 0 Å². The van der Waals surface area contributed by atoms with Crippen LogP contribution >= 0.6 is 23.1 Å². The molecule has 0 radical (unpaired) electrons. The highest BCUT2D eigenvalue weighted by Gasteiger charge is 2.16. The lowest BCUT2D eigenvalue weighted by Gasteiger charge is -2.09. The van der Waals surface area contributed by atoms with E-state index in [0.29, 0.717) is 11.7 Å². The number of hydrogen-bond acceptors (Lipinski definition) is 5. The summed E-state index contributed by atoms with van der Waals surface area (Å²) in [7, 11) is 0. The van der Waals surface area contributed by atoms with Crippen molar-refractivity contribution in [1.82, 2.24) is 20.5 Å². The van der Waals surface area contributed by atoms with Gasteiger partial charge in [0.05, 0.1) is 11.8 Å². The van der Waals surface area contributed by atoms with Crippen molar-refractivity contribution < 1.29 is 4.79 Å². The van der Waals surface area contributed by atoms with E-state index in [4.69, 9.17) is 0 Å². The lowest BCUT2D eigenvalue weighted by molar-refractivity contribution is -0.120. The van der Waals surface area contributed by atoms with Crippen LogP contribution in [0, 0.1) is 6.92 Å². The molecule has 1 unspecified atom stereocenters. The summed E-state index contributed by atoms with van der Waals surface area (Å²) in [5.41, 5.74) is 0. The van der Waals surface area contributed by atoms with Crippen molar-refractivity contribution >= 4 is 29.0 Å². The van der Waals surface area contributed by atoms with Crippen LogP contribution in [0.15, 0.2) is 22.7 Å². The molecule has 0 saturated heterocycles. The first-order valence-electron chi connectivity index (χ1n) is 5.51. The van der Waals surface area contributed by atoms with E-state index in [1.54, 1.807) is 11.3 Å². The van der Waals surface area contributed by atoms with Gasteiger partial charge in [0.2, 0.25) is 11.1 Å². The first-order chi connectivity index (χ1) is 8.65. The van der Waals surface area contributed by atoms with Crippen molar-refractivity contribution in [3.63, 3.8) is 0 Å². The van der Waals surface area contributed by atoms with Gasteiger partial charge in [0, 0.05) is 4.88 Å². The molecule has 1 atom stereocenters. The van der Waals surface area contributed by atoms with Crippen molar-refractivity contribution in [3.8, 4) is 0 Å². The zero-order chi connectivity index (χ0) is 13.0. The second-order valence-corrected chi connectivity index (χ2v) is 6.10. The van der Waals surface area contributed by atoms with Crippen LogP contribution in [0.2, 0.25) is 0 Å². The zero-order valence-electron chi connectivity index (χ0n) is 10.1. The highest BCUT2D eigenvalue weighted by molar-refractivity contribution is 8.00. The molecule has 2 N–H and O–H groups in total. The summed E-state index contributed by atoms with van der Waals surface area (Å²) >= 11 is 2.98. The maximum Gasteiger partial charge on any atom is 0.233 e. The van der Waals surface area contributed by atoms with Gasteiger partial charge >= 0.3 is 0 Å². The zero-order valence-corrected chi connectivity index (χ0v) is 11.8. The van der Waals surface area contributed by atoms with Gasteiger partial charge in [0.25, 0.3) is 0 Å². The van der Waals surface area contributed by atoms with E-state index < -0.39 is 0 Å². The average molecular weight is 282 g/mol. The summed E-state index contributed by atoms with van der Waals surface area (Å²) < 4.78 is 0. The number of aromatic nitrogens is 3. The molecule has 0 spiro atoms. The fourth-order valence-electron chi connectivity index (χ4n) is 1.32. The quantitative estimate of drug-likeness (QED) is 0.823. The smallest absolute Gasteiger partial charge is 0.233 e. The minimum atomic E-state index is -0.208. The highest BCUT2D eigenvalue weighted by Crippen LogP contribution is 2.19. The van der Waals surface area contributed by atoms with Crippen LogP contribution < -0.4 is 5.32 Å². The molecule has 0 aliphatic heterocycles. The first kappa shape index (κ1) is 13.1. The first-order valence-corrected chi connectivity index (χ1v) is 7.27. The molecular weight excluding hydrogens is 268 g/mol. The summed E-state index contributed by atoms with van der Waals surface area (Å²) in [5, 5.41) is 12.0. The Kier molecular flexibility index (Phi) is 4.38. The van der Waals surface area contributed by atoms with Crippen LogP contribution in [0.5, 0.6) is 0 Å². The maximum absolute atomic E-state index is 11.9. The molecule has 2 aromatic heterocycles. The number of carbonyl (C=O) groups excluding carboxylic acids is 1. The van der Waals surface area contributed by atoms with Crippen LogP contribution in [0.1, 0.15) is 17.6 Å². The summed E-state index contributed by atoms with van der Waals surface area (Å²) in [6.07, 6.45) is 0. The topological polar surface area (TPSA) is 70.7 Å². The molecule has 96 valence electrons. The van der Waals surface area contributed by atoms with Crippen LogP contribution in [0.4, 0.5) is 0 Å². The number of hydrogen-bond donors (Lipinski definition) is 2. The second kappa shape index (κ2) is 6.01. The van der Waals surface area contributed by atoms with Gasteiger partial charge in [-0.15, -0.1) is 16.4 Å². The number of H-pyrrole nitrogens is 1. The predicted octanol–water partition coefficient (Wildman–Crippen LogP) is 1.97. The van der Waals surface area contributed by atoms with Gasteiger partial charge in [-0.1, -0.05) is 17.8 Å². The Morgan fingerprint density at radius 1 is 1.67 bits per heavy atom. The second-order valence-electron chi connectivity index (χ2n) is 3.76. The number of rotatable bonds is 5. The van der Waals surface area contributed by atoms with Gasteiger partial charge in [-0.3, -0.25) is 9.89 Å². The highest BCUT2D eigenvalue weighted by atomic mass is 32.2. The Bertz CT molecular complexity index is 509. The standard InChI is InChI=1S/C11H14N4OS2/c1-7(18-11-13-8(2)14-15-11)10(16)12-6-9-4-3-5-17-9/h3-5,7H,6H2,1-2H3,(H,12,16)(H,13,14,15). The molecular formula is C11H14N4OS2. The molecule has 0 saturated carbocycles. The SMILES string of the molecule is Cc1nc(SC(C)C(=O)NCc2cccs2)n[nH]1. The Balaban J connectivity index is 1.81. The summed E-state index contributed by atoms with van der Waals surface area (Å²) in [4.78, 5) is 17.2. The van der Waals surface area contributed by atoms with Crippen LogP contribution in [0.3, 0.4) is 0 Å². The molecule has 5 nitrogen and oxygen atoms in total. The summed E-state index contributed by atoms with van der Waals surface area (Å²) in [6.45, 7) is 4.26. The predicted molar refractivity (Wildman–Crippen MR) is 72.6 cm³/mol. The molecule has 7 heteroatoms. The van der Waals surface area contributed by atoms with Crippen molar-refractivity contribution in [1.29, 1.82) is 0 Å². The van der Waals surface area contributed by atoms with Gasteiger partial charge in [-0.2, -0.15) is 0 Å². The molecule has 0 aliphatic carbocycles. The van der Waals surface area contributed by atoms with E-state index in [2.05, 4.69) is 20.5 Å². The number of carbonyl (C=O) groups is 1. The molecule has 0 fully saturated rings. The van der Waals surface area contributed by atoms with E-state index in [1.165, 1.54) is 11.8 Å². The third kappa shape index (κ3) is 3.58. The number of nitrogens with one attached hydrogen (secondary N) is 2. The fraction of sp³-hybridized carbons (Fsp3) is 0.364. The van der Waals surface area contributed by atoms with E-state index in [1.807, 2.05) is 31.4 Å². The molecule has 0 bridgehead atoms. The molecule has 2 heterocycles. The summed E-state index contributed by atoms with van der Waals surface area (Å²) in [5.74, 6) is 0.750. The van der Waals surface area contributed by atoms with E-state index in [0.717, 1.165) is 10.7 Å². The Labute approximate surface area is 113 Å². The molecule has 1 amide bonds. The molecule has 2 aromatic rings. The van der Waals surface area contributed by atoms with E-state index in [-0.39, 0.29) is 11.2 Å². The van der Waals surface area contributed by atoms with Gasteiger partial charge < -0.3 is 5.32 Å². The lowest BCUT2D eigenvalue weighted by Crippen LogP contribution is -2.30. The number of aryl methyl sites for hydroxylation is 1. The van der Waals surface area contributed by atoms with E-state index >= 15 is 0 Å². The van der Waals surface area contributed by atoms with Gasteiger partial charge in [0.1, 0.15) is 5.82 Å². The minimum Gasteiger partial charge on any atom is -0.350 e. The number of amides is 1.